The Morgan fingerprint density at radius 3 is 2.74 bits per heavy atom. The van der Waals surface area contributed by atoms with Gasteiger partial charge in [0.25, 0.3) is 5.91 Å². The monoisotopic (exact) mass is 333 g/mol. The van der Waals surface area contributed by atoms with Crippen LogP contribution in [0.4, 0.5) is 23.4 Å². The fourth-order valence-electron chi connectivity index (χ4n) is 2.34. The van der Waals surface area contributed by atoms with Crippen molar-refractivity contribution in [3.63, 3.8) is 0 Å². The molecule has 1 N–H and O–H groups in total. The number of alkyl halides is 3. The van der Waals surface area contributed by atoms with Gasteiger partial charge in [0.15, 0.2) is 17.7 Å². The van der Waals surface area contributed by atoms with Gasteiger partial charge in [0, 0.05) is 18.8 Å². The molecule has 23 heavy (non-hydrogen) atoms. The Balaban J connectivity index is 1.71. The molecule has 0 bridgehead atoms. The van der Waals surface area contributed by atoms with Crippen LogP contribution >= 0.6 is 0 Å². The predicted octanol–water partition coefficient (Wildman–Crippen LogP) is 1.72. The van der Waals surface area contributed by atoms with Crippen molar-refractivity contribution < 1.29 is 27.1 Å². The van der Waals surface area contributed by atoms with E-state index in [0.29, 0.717) is 12.3 Å². The quantitative estimate of drug-likeness (QED) is 0.856. The Kier molecular flexibility index (Phi) is 4.13. The maximum Gasteiger partial charge on any atom is 0.417 e. The number of nitrogens with one attached hydrogen (secondary N) is 1. The summed E-state index contributed by atoms with van der Waals surface area (Å²) in [5.41, 5.74) is -1.14. The lowest BCUT2D eigenvalue weighted by atomic mass is 10.2. The molecule has 3 rings (SSSR count). The average molecular weight is 333 g/mol. The van der Waals surface area contributed by atoms with E-state index in [1.54, 1.807) is 0 Å². The van der Waals surface area contributed by atoms with Crippen LogP contribution in [0.25, 0.3) is 0 Å². The lowest BCUT2D eigenvalue weighted by Gasteiger charge is -2.33. The number of morpholine rings is 1. The second-order valence-electron chi connectivity index (χ2n) is 5.62. The number of ether oxygens (including phenoxy) is 1. The SMILES string of the molecule is O=C(NC1CC1)C1CN(c2ncc(C(F)(F)F)cc2F)CCO1. The molecule has 0 radical (unpaired) electrons. The lowest BCUT2D eigenvalue weighted by molar-refractivity contribution is -0.138. The van der Waals surface area contributed by atoms with Crippen LogP contribution in [0, 0.1) is 5.82 Å². The molecule has 1 aliphatic carbocycles. The number of hydrogen-bond acceptors (Lipinski definition) is 4. The van der Waals surface area contributed by atoms with Crippen molar-refractivity contribution in [3.8, 4) is 0 Å². The van der Waals surface area contributed by atoms with Gasteiger partial charge in [-0.2, -0.15) is 13.2 Å². The highest BCUT2D eigenvalue weighted by Crippen LogP contribution is 2.31. The summed E-state index contributed by atoms with van der Waals surface area (Å²) >= 11 is 0. The van der Waals surface area contributed by atoms with E-state index >= 15 is 0 Å². The van der Waals surface area contributed by atoms with Gasteiger partial charge in [-0.3, -0.25) is 4.79 Å². The molecule has 1 atom stereocenters. The predicted molar refractivity (Wildman–Crippen MR) is 72.3 cm³/mol. The Hall–Kier alpha value is -1.90. The van der Waals surface area contributed by atoms with Crippen molar-refractivity contribution in [3.05, 3.63) is 23.6 Å². The van der Waals surface area contributed by atoms with Crippen molar-refractivity contribution in [2.24, 2.45) is 0 Å². The van der Waals surface area contributed by atoms with Crippen molar-refractivity contribution in [2.75, 3.05) is 24.6 Å². The molecule has 2 aliphatic rings. The van der Waals surface area contributed by atoms with Gasteiger partial charge in [-0.15, -0.1) is 0 Å². The third-order valence-electron chi connectivity index (χ3n) is 3.73. The van der Waals surface area contributed by atoms with E-state index in [0.717, 1.165) is 12.8 Å². The van der Waals surface area contributed by atoms with E-state index in [1.165, 1.54) is 4.90 Å². The minimum atomic E-state index is -4.65. The van der Waals surface area contributed by atoms with E-state index in [9.17, 15) is 22.4 Å². The first kappa shape index (κ1) is 16.0. The Morgan fingerprint density at radius 2 is 2.13 bits per heavy atom. The summed E-state index contributed by atoms with van der Waals surface area (Å²) in [6, 6.07) is 0.583. The molecule has 9 heteroatoms. The number of nitrogens with zero attached hydrogens (tertiary/aromatic N) is 2. The minimum Gasteiger partial charge on any atom is -0.365 e. The molecule has 2 fully saturated rings. The topological polar surface area (TPSA) is 54.5 Å². The lowest BCUT2D eigenvalue weighted by Crippen LogP contribution is -2.50. The van der Waals surface area contributed by atoms with Crippen LogP contribution in [0.1, 0.15) is 18.4 Å². The molecule has 1 amide bonds. The van der Waals surface area contributed by atoms with Gasteiger partial charge < -0.3 is 15.0 Å². The van der Waals surface area contributed by atoms with Crippen LogP contribution < -0.4 is 10.2 Å². The number of rotatable bonds is 3. The van der Waals surface area contributed by atoms with Crippen LogP contribution in [0.3, 0.4) is 0 Å². The molecule has 1 aromatic rings. The molecule has 0 spiro atoms. The van der Waals surface area contributed by atoms with Crippen LogP contribution in [0.15, 0.2) is 12.3 Å². The molecule has 1 aliphatic heterocycles. The van der Waals surface area contributed by atoms with Gasteiger partial charge in [-0.1, -0.05) is 0 Å². The highest BCUT2D eigenvalue weighted by Gasteiger charge is 2.34. The number of hydrogen-bond donors (Lipinski definition) is 1. The zero-order chi connectivity index (χ0) is 16.6. The zero-order valence-electron chi connectivity index (χ0n) is 12.1. The maximum absolute atomic E-state index is 14.0. The normalized spacial score (nSPS) is 22.1. The minimum absolute atomic E-state index is 0.0494. The fraction of sp³-hybridized carbons (Fsp3) is 0.571. The van der Waals surface area contributed by atoms with Gasteiger partial charge >= 0.3 is 6.18 Å². The summed E-state index contributed by atoms with van der Waals surface area (Å²) in [6.07, 6.45) is -2.99. The van der Waals surface area contributed by atoms with E-state index in [-0.39, 0.29) is 37.5 Å². The van der Waals surface area contributed by atoms with Gasteiger partial charge in [0.1, 0.15) is 0 Å². The summed E-state index contributed by atoms with van der Waals surface area (Å²) in [5, 5.41) is 2.79. The molecule has 1 unspecified atom stereocenters. The van der Waals surface area contributed by atoms with Crippen LogP contribution in [-0.4, -0.2) is 42.7 Å². The molecular formula is C14H15F4N3O2. The molecular weight excluding hydrogens is 318 g/mol. The molecule has 1 saturated heterocycles. The smallest absolute Gasteiger partial charge is 0.365 e. The number of anilines is 1. The van der Waals surface area contributed by atoms with Gasteiger partial charge in [-0.25, -0.2) is 9.37 Å². The van der Waals surface area contributed by atoms with E-state index in [4.69, 9.17) is 4.74 Å². The number of amides is 1. The number of carbonyl (C=O) groups excluding carboxylic acids is 1. The van der Waals surface area contributed by atoms with Crippen molar-refractivity contribution in [2.45, 2.75) is 31.2 Å². The standard InChI is InChI=1S/C14H15F4N3O2/c15-10-5-8(14(16,17)18)6-19-12(10)21-3-4-23-11(7-21)13(22)20-9-1-2-9/h5-6,9,11H,1-4,7H2,(H,20,22). The van der Waals surface area contributed by atoms with Crippen LogP contribution in [-0.2, 0) is 15.7 Å². The van der Waals surface area contributed by atoms with Gasteiger partial charge in [0.05, 0.1) is 18.7 Å². The second kappa shape index (κ2) is 5.95. The van der Waals surface area contributed by atoms with Crippen LogP contribution in [0.5, 0.6) is 0 Å². The van der Waals surface area contributed by atoms with Crippen molar-refractivity contribution in [1.82, 2.24) is 10.3 Å². The third-order valence-corrected chi connectivity index (χ3v) is 3.73. The number of aromatic nitrogens is 1. The highest BCUT2D eigenvalue weighted by molar-refractivity contribution is 5.82. The highest BCUT2D eigenvalue weighted by atomic mass is 19.4. The first-order chi connectivity index (χ1) is 10.8. The Bertz CT molecular complexity index is 604. The number of halogens is 4. The maximum atomic E-state index is 14.0. The zero-order valence-corrected chi connectivity index (χ0v) is 12.1. The van der Waals surface area contributed by atoms with Gasteiger partial charge in [0.2, 0.25) is 0 Å². The summed E-state index contributed by atoms with van der Waals surface area (Å²) < 4.78 is 57.0. The van der Waals surface area contributed by atoms with E-state index in [2.05, 4.69) is 10.3 Å². The largest absolute Gasteiger partial charge is 0.417 e. The second-order valence-corrected chi connectivity index (χ2v) is 5.62. The summed E-state index contributed by atoms with van der Waals surface area (Å²) in [5.74, 6) is -1.56. The Morgan fingerprint density at radius 1 is 1.39 bits per heavy atom. The summed E-state index contributed by atoms with van der Waals surface area (Å²) in [7, 11) is 0. The first-order valence-corrected chi connectivity index (χ1v) is 7.24. The number of carbonyl (C=O) groups is 1. The van der Waals surface area contributed by atoms with E-state index in [1.807, 2.05) is 0 Å². The van der Waals surface area contributed by atoms with E-state index < -0.39 is 23.7 Å². The molecule has 1 saturated carbocycles. The first-order valence-electron chi connectivity index (χ1n) is 7.24. The van der Waals surface area contributed by atoms with Crippen LogP contribution in [0.2, 0.25) is 0 Å². The number of pyridine rings is 1. The molecule has 5 nitrogen and oxygen atoms in total. The third kappa shape index (κ3) is 3.72. The fourth-order valence-corrected chi connectivity index (χ4v) is 2.34. The molecule has 2 heterocycles. The molecule has 1 aromatic heterocycles. The van der Waals surface area contributed by atoms with Gasteiger partial charge in [-0.05, 0) is 18.9 Å². The van der Waals surface area contributed by atoms with Crippen molar-refractivity contribution in [1.29, 1.82) is 0 Å². The summed E-state index contributed by atoms with van der Waals surface area (Å²) in [4.78, 5) is 17.0. The summed E-state index contributed by atoms with van der Waals surface area (Å²) in [6.45, 7) is 0.473. The average Bonchev–Trinajstić information content (AvgIpc) is 3.30. The molecule has 0 aromatic carbocycles. The van der Waals surface area contributed by atoms with Crippen molar-refractivity contribution >= 4 is 11.7 Å². The Labute approximate surface area is 129 Å². The molecule has 126 valence electrons.